The maximum atomic E-state index is 12.5. The Morgan fingerprint density at radius 1 is 1.27 bits per heavy atom. The van der Waals surface area contributed by atoms with Crippen LogP contribution >= 0.6 is 12.4 Å². The van der Waals surface area contributed by atoms with Crippen molar-refractivity contribution in [1.82, 2.24) is 10.0 Å². The van der Waals surface area contributed by atoms with E-state index in [1.807, 2.05) is 19.1 Å². The van der Waals surface area contributed by atoms with Gasteiger partial charge in [-0.25, -0.2) is 13.1 Å². The molecule has 0 saturated carbocycles. The van der Waals surface area contributed by atoms with Crippen molar-refractivity contribution in [3.8, 4) is 0 Å². The number of piperidine rings is 1. The van der Waals surface area contributed by atoms with Crippen LogP contribution in [0.15, 0.2) is 29.2 Å². The fourth-order valence-corrected chi connectivity index (χ4v) is 4.22. The van der Waals surface area contributed by atoms with E-state index in [1.54, 1.807) is 19.2 Å². The van der Waals surface area contributed by atoms with Crippen LogP contribution in [0.3, 0.4) is 0 Å². The molecule has 1 fully saturated rings. The number of hydrogen-bond donors (Lipinski definition) is 2. The monoisotopic (exact) mass is 348 g/mol. The molecule has 0 aromatic heterocycles. The van der Waals surface area contributed by atoms with Crippen molar-refractivity contribution < 1.29 is 13.2 Å². The zero-order valence-corrected chi connectivity index (χ0v) is 14.7. The molecule has 0 unspecified atom stereocenters. The molecule has 1 aromatic rings. The molecular weight excluding hydrogens is 324 g/mol. The summed E-state index contributed by atoms with van der Waals surface area (Å²) < 4.78 is 33.0. The number of hydrogen-bond acceptors (Lipinski definition) is 4. The fourth-order valence-electron chi connectivity index (χ4n) is 2.82. The highest BCUT2D eigenvalue weighted by Gasteiger charge is 2.33. The summed E-state index contributed by atoms with van der Waals surface area (Å²) in [5.74, 6) is 0. The molecule has 0 atom stereocenters. The zero-order valence-electron chi connectivity index (χ0n) is 13.1. The fraction of sp³-hybridized carbons (Fsp3) is 0.600. The summed E-state index contributed by atoms with van der Waals surface area (Å²) in [6.45, 7) is 4.60. The Kier molecular flexibility index (Phi) is 7.28. The molecule has 1 aromatic carbocycles. The van der Waals surface area contributed by atoms with Crippen LogP contribution < -0.4 is 10.0 Å². The summed E-state index contributed by atoms with van der Waals surface area (Å²) in [6.07, 6.45) is 1.83. The Morgan fingerprint density at radius 2 is 1.91 bits per heavy atom. The topological polar surface area (TPSA) is 67.4 Å². The second kappa shape index (κ2) is 8.26. The lowest BCUT2D eigenvalue weighted by molar-refractivity contribution is 0.0577. The molecule has 7 heteroatoms. The van der Waals surface area contributed by atoms with E-state index in [2.05, 4.69) is 10.0 Å². The Hall–Kier alpha value is -0.660. The van der Waals surface area contributed by atoms with E-state index in [-0.39, 0.29) is 17.8 Å². The summed E-state index contributed by atoms with van der Waals surface area (Å²) >= 11 is 0. The molecule has 126 valence electrons. The second-order valence-electron chi connectivity index (χ2n) is 5.77. The van der Waals surface area contributed by atoms with Crippen LogP contribution in [0.1, 0.15) is 18.4 Å². The maximum Gasteiger partial charge on any atom is 0.240 e. The van der Waals surface area contributed by atoms with Crippen LogP contribution in [0.4, 0.5) is 0 Å². The maximum absolute atomic E-state index is 12.5. The van der Waals surface area contributed by atoms with Crippen molar-refractivity contribution in [2.45, 2.75) is 24.7 Å². The molecule has 22 heavy (non-hydrogen) atoms. The lowest BCUT2D eigenvalue weighted by Gasteiger charge is -2.37. The number of halogens is 1. The third kappa shape index (κ3) is 4.67. The molecular formula is C15H25ClN2O3S. The van der Waals surface area contributed by atoms with Gasteiger partial charge in [0.1, 0.15) is 0 Å². The molecule has 0 bridgehead atoms. The predicted octanol–water partition coefficient (Wildman–Crippen LogP) is 1.71. The van der Waals surface area contributed by atoms with Crippen LogP contribution in [0.25, 0.3) is 0 Å². The molecule has 2 N–H and O–H groups in total. The van der Waals surface area contributed by atoms with Gasteiger partial charge in [-0.05, 0) is 44.5 Å². The summed E-state index contributed by atoms with van der Waals surface area (Å²) in [5, 5.41) is 3.30. The van der Waals surface area contributed by atoms with Crippen LogP contribution in [0.2, 0.25) is 0 Å². The number of methoxy groups -OCH3 is 1. The van der Waals surface area contributed by atoms with Crippen molar-refractivity contribution in [3.05, 3.63) is 29.8 Å². The number of nitrogens with one attached hydrogen (secondary N) is 2. The van der Waals surface area contributed by atoms with Gasteiger partial charge in [0.05, 0.1) is 11.5 Å². The Labute approximate surface area is 139 Å². The van der Waals surface area contributed by atoms with Gasteiger partial charge >= 0.3 is 0 Å². The highest BCUT2D eigenvalue weighted by Crippen LogP contribution is 2.29. The quantitative estimate of drug-likeness (QED) is 0.821. The number of ether oxygens (including phenoxy) is 1. The first-order chi connectivity index (χ1) is 9.99. The van der Waals surface area contributed by atoms with Gasteiger partial charge in [-0.1, -0.05) is 18.2 Å². The van der Waals surface area contributed by atoms with Crippen LogP contribution in [-0.4, -0.2) is 41.8 Å². The van der Waals surface area contributed by atoms with Crippen molar-refractivity contribution in [2.75, 3.05) is 33.4 Å². The standard InChI is InChI=1S/C15H24N2O3S.ClH/c1-13-5-3-4-6-14(13)21(18,19)17-11-15(12-20-2)7-9-16-10-8-15;/h3-6,16-17H,7-12H2,1-2H3;1H. The number of sulfonamides is 1. The molecule has 0 spiro atoms. The van der Waals surface area contributed by atoms with Crippen molar-refractivity contribution in [3.63, 3.8) is 0 Å². The van der Waals surface area contributed by atoms with Crippen LogP contribution in [0.5, 0.6) is 0 Å². The molecule has 2 rings (SSSR count). The lowest BCUT2D eigenvalue weighted by Crippen LogP contribution is -2.47. The smallest absolute Gasteiger partial charge is 0.240 e. The van der Waals surface area contributed by atoms with Crippen molar-refractivity contribution >= 4 is 22.4 Å². The average molecular weight is 349 g/mol. The molecule has 1 saturated heterocycles. The van der Waals surface area contributed by atoms with E-state index in [9.17, 15) is 8.42 Å². The van der Waals surface area contributed by atoms with E-state index < -0.39 is 10.0 Å². The van der Waals surface area contributed by atoms with Crippen LogP contribution in [0, 0.1) is 12.3 Å². The van der Waals surface area contributed by atoms with Crippen molar-refractivity contribution in [2.24, 2.45) is 5.41 Å². The van der Waals surface area contributed by atoms with E-state index in [1.165, 1.54) is 0 Å². The third-order valence-electron chi connectivity index (χ3n) is 4.14. The van der Waals surface area contributed by atoms with Gasteiger partial charge in [0.15, 0.2) is 0 Å². The Balaban J connectivity index is 0.00000242. The normalized spacial score (nSPS) is 17.7. The summed E-state index contributed by atoms with van der Waals surface area (Å²) in [7, 11) is -1.81. The lowest BCUT2D eigenvalue weighted by atomic mass is 9.80. The highest BCUT2D eigenvalue weighted by atomic mass is 35.5. The highest BCUT2D eigenvalue weighted by molar-refractivity contribution is 7.89. The van der Waals surface area contributed by atoms with E-state index in [4.69, 9.17) is 4.74 Å². The van der Waals surface area contributed by atoms with Gasteiger partial charge in [0, 0.05) is 19.1 Å². The van der Waals surface area contributed by atoms with E-state index >= 15 is 0 Å². The Bertz CT molecular complexity index is 566. The van der Waals surface area contributed by atoms with Gasteiger partial charge in [-0.2, -0.15) is 0 Å². The first-order valence-electron chi connectivity index (χ1n) is 7.24. The minimum atomic E-state index is -3.47. The van der Waals surface area contributed by atoms with E-state index in [0.29, 0.717) is 18.0 Å². The third-order valence-corrected chi connectivity index (χ3v) is 5.70. The SMILES string of the molecule is COCC1(CNS(=O)(=O)c2ccccc2C)CCNCC1.Cl. The minimum absolute atomic E-state index is 0. The first kappa shape index (κ1) is 19.4. The molecule has 0 aliphatic carbocycles. The van der Waals surface area contributed by atoms with Gasteiger partial charge in [-0.3, -0.25) is 0 Å². The van der Waals surface area contributed by atoms with Crippen molar-refractivity contribution in [1.29, 1.82) is 0 Å². The van der Waals surface area contributed by atoms with Gasteiger partial charge in [0.2, 0.25) is 10.0 Å². The summed E-state index contributed by atoms with van der Waals surface area (Å²) in [4.78, 5) is 0.353. The van der Waals surface area contributed by atoms with Crippen LogP contribution in [-0.2, 0) is 14.8 Å². The largest absolute Gasteiger partial charge is 0.384 e. The van der Waals surface area contributed by atoms with Gasteiger partial charge in [-0.15, -0.1) is 12.4 Å². The minimum Gasteiger partial charge on any atom is -0.384 e. The zero-order chi connectivity index (χ0) is 15.3. The molecule has 0 radical (unpaired) electrons. The second-order valence-corrected chi connectivity index (χ2v) is 7.51. The average Bonchev–Trinajstić information content (AvgIpc) is 2.47. The summed E-state index contributed by atoms with van der Waals surface area (Å²) in [5.41, 5.74) is 0.645. The molecule has 5 nitrogen and oxygen atoms in total. The number of benzene rings is 1. The number of rotatable bonds is 6. The van der Waals surface area contributed by atoms with Gasteiger partial charge in [0.25, 0.3) is 0 Å². The number of aryl methyl sites for hydroxylation is 1. The predicted molar refractivity (Wildman–Crippen MR) is 90.0 cm³/mol. The molecule has 1 aliphatic heterocycles. The van der Waals surface area contributed by atoms with E-state index in [0.717, 1.165) is 31.5 Å². The summed E-state index contributed by atoms with van der Waals surface area (Å²) in [6, 6.07) is 7.04. The molecule has 1 aliphatic rings. The molecule has 1 heterocycles. The first-order valence-corrected chi connectivity index (χ1v) is 8.72. The molecule has 0 amide bonds. The van der Waals surface area contributed by atoms with Gasteiger partial charge < -0.3 is 10.1 Å². The Morgan fingerprint density at radius 3 is 2.50 bits per heavy atom.